The third kappa shape index (κ3) is 5.62. The Morgan fingerprint density at radius 2 is 1.26 bits per heavy atom. The van der Waals surface area contributed by atoms with Gasteiger partial charge in [0.05, 0.1) is 24.7 Å². The number of aromatic nitrogens is 1. The van der Waals surface area contributed by atoms with Crippen LogP contribution in [0.25, 0.3) is 10.9 Å². The Hall–Kier alpha value is -4.69. The highest BCUT2D eigenvalue weighted by Crippen LogP contribution is 2.42. The molecular weight excluding hydrogens is 594 g/mol. The Kier molecular flexibility index (Phi) is 8.82. The van der Waals surface area contributed by atoms with Gasteiger partial charge in [0.1, 0.15) is 16.9 Å². The van der Waals surface area contributed by atoms with E-state index in [-0.39, 0.29) is 11.5 Å². The Morgan fingerprint density at radius 3 is 1.76 bits per heavy atom. The number of ether oxygens (including phenoxy) is 2. The topological polar surface area (TPSA) is 77.8 Å². The van der Waals surface area contributed by atoms with Gasteiger partial charge in [0.15, 0.2) is 0 Å². The highest BCUT2D eigenvalue weighted by molar-refractivity contribution is 7.90. The summed E-state index contributed by atoms with van der Waals surface area (Å²) in [5.41, 5.74) is 4.03. The number of aliphatic hydroxyl groups excluding tert-OH is 1. The third-order valence-corrected chi connectivity index (χ3v) is 10.4. The number of nitrogens with zero attached hydrogens (tertiary/aromatic N) is 1. The van der Waals surface area contributed by atoms with Crippen molar-refractivity contribution in [3.8, 4) is 5.75 Å². The van der Waals surface area contributed by atoms with Gasteiger partial charge < -0.3 is 14.6 Å². The van der Waals surface area contributed by atoms with Crippen molar-refractivity contribution in [1.29, 1.82) is 0 Å². The van der Waals surface area contributed by atoms with E-state index < -0.39 is 27.6 Å². The standard InChI is InChI=1S/C39H37NO5S/c1-28-19-21-33(22-20-28)46(42,43)40-26-25-35-34(23-24-37(44-3)38(35)40)29(2)36(41)27-45-39(30-13-7-4-8-14-30,31-15-9-5-10-16-31)32-17-11-6-12-18-32/h4-26,29,36,41H,27H2,1-3H3/t29-,36-/m0/s1. The van der Waals surface area contributed by atoms with Crippen LogP contribution in [-0.4, -0.2) is 37.3 Å². The first kappa shape index (κ1) is 31.3. The van der Waals surface area contributed by atoms with Crippen LogP contribution >= 0.6 is 0 Å². The molecule has 0 saturated carbocycles. The van der Waals surface area contributed by atoms with E-state index in [4.69, 9.17) is 9.47 Å². The van der Waals surface area contributed by atoms with E-state index in [1.54, 1.807) is 42.6 Å². The zero-order chi connectivity index (χ0) is 32.3. The van der Waals surface area contributed by atoms with Crippen LogP contribution in [0.2, 0.25) is 0 Å². The fourth-order valence-corrected chi connectivity index (χ4v) is 7.50. The Bertz CT molecular complexity index is 1930. The zero-order valence-corrected chi connectivity index (χ0v) is 26.9. The summed E-state index contributed by atoms with van der Waals surface area (Å²) in [6, 6.07) is 42.3. The van der Waals surface area contributed by atoms with Gasteiger partial charge in [0.25, 0.3) is 10.0 Å². The molecule has 6 aromatic rings. The fourth-order valence-electron chi connectivity index (χ4n) is 6.14. The van der Waals surface area contributed by atoms with Crippen LogP contribution < -0.4 is 4.74 Å². The van der Waals surface area contributed by atoms with Gasteiger partial charge in [-0.25, -0.2) is 12.4 Å². The molecule has 0 aliphatic carbocycles. The van der Waals surface area contributed by atoms with Crippen LogP contribution in [-0.2, 0) is 20.4 Å². The van der Waals surface area contributed by atoms with E-state index in [1.165, 1.54) is 11.1 Å². The summed E-state index contributed by atoms with van der Waals surface area (Å²) < 4.78 is 41.3. The van der Waals surface area contributed by atoms with E-state index >= 15 is 0 Å². The summed E-state index contributed by atoms with van der Waals surface area (Å²) in [5, 5.41) is 12.4. The van der Waals surface area contributed by atoms with Crippen molar-refractivity contribution in [3.05, 3.63) is 167 Å². The molecule has 0 bridgehead atoms. The lowest BCUT2D eigenvalue weighted by molar-refractivity contribution is -0.0439. The number of aliphatic hydroxyl groups is 1. The van der Waals surface area contributed by atoms with Crippen LogP contribution in [0.5, 0.6) is 5.75 Å². The summed E-state index contributed by atoms with van der Waals surface area (Å²) >= 11 is 0. The molecule has 1 heterocycles. The average molecular weight is 632 g/mol. The number of hydrogen-bond acceptors (Lipinski definition) is 5. The second-order valence-corrected chi connectivity index (χ2v) is 13.3. The molecule has 0 radical (unpaired) electrons. The molecule has 0 spiro atoms. The molecule has 0 amide bonds. The zero-order valence-electron chi connectivity index (χ0n) is 26.1. The second kappa shape index (κ2) is 13.0. The molecule has 0 unspecified atom stereocenters. The normalized spacial score (nSPS) is 13.4. The maximum atomic E-state index is 13.8. The van der Waals surface area contributed by atoms with Gasteiger partial charge in [-0.05, 0) is 53.4 Å². The fraction of sp³-hybridized carbons (Fsp3) is 0.179. The van der Waals surface area contributed by atoms with Crippen molar-refractivity contribution in [3.63, 3.8) is 0 Å². The van der Waals surface area contributed by atoms with Gasteiger partial charge >= 0.3 is 0 Å². The van der Waals surface area contributed by atoms with E-state index in [9.17, 15) is 13.5 Å². The maximum absolute atomic E-state index is 13.8. The summed E-state index contributed by atoms with van der Waals surface area (Å²) in [4.78, 5) is 0.184. The lowest BCUT2D eigenvalue weighted by atomic mass is 9.80. The molecule has 234 valence electrons. The molecule has 6 nitrogen and oxygen atoms in total. The molecule has 0 fully saturated rings. The molecule has 0 saturated heterocycles. The Balaban J connectivity index is 1.39. The summed E-state index contributed by atoms with van der Waals surface area (Å²) in [6.45, 7) is 3.85. The lowest BCUT2D eigenvalue weighted by Gasteiger charge is -2.37. The van der Waals surface area contributed by atoms with Crippen LogP contribution in [0.3, 0.4) is 0 Å². The van der Waals surface area contributed by atoms with Gasteiger partial charge in [-0.3, -0.25) is 0 Å². The van der Waals surface area contributed by atoms with Crippen molar-refractivity contribution in [2.24, 2.45) is 0 Å². The van der Waals surface area contributed by atoms with Gasteiger partial charge in [-0.15, -0.1) is 0 Å². The minimum Gasteiger partial charge on any atom is -0.495 e. The summed E-state index contributed by atoms with van der Waals surface area (Å²) in [6.07, 6.45) is 0.622. The van der Waals surface area contributed by atoms with E-state index in [1.807, 2.05) is 111 Å². The number of aryl methyl sites for hydroxylation is 1. The average Bonchev–Trinajstić information content (AvgIpc) is 3.56. The van der Waals surface area contributed by atoms with E-state index in [0.717, 1.165) is 27.8 Å². The molecule has 5 aromatic carbocycles. The largest absolute Gasteiger partial charge is 0.495 e. The lowest BCUT2D eigenvalue weighted by Crippen LogP contribution is -2.36. The van der Waals surface area contributed by atoms with Crippen molar-refractivity contribution in [1.82, 2.24) is 3.97 Å². The van der Waals surface area contributed by atoms with E-state index in [0.29, 0.717) is 16.7 Å². The SMILES string of the molecule is COc1ccc([C@H](C)[C@@H](O)COC(c2ccccc2)(c2ccccc2)c2ccccc2)c2ccn(S(=O)(=O)c3ccc(C)cc3)c12. The molecule has 7 heteroatoms. The third-order valence-electron chi connectivity index (χ3n) is 8.69. The minimum absolute atomic E-state index is 0.00967. The molecule has 1 aromatic heterocycles. The van der Waals surface area contributed by atoms with Gasteiger partial charge in [0.2, 0.25) is 0 Å². The highest BCUT2D eigenvalue weighted by Gasteiger charge is 2.38. The quantitative estimate of drug-likeness (QED) is 0.149. The molecule has 2 atom stereocenters. The molecule has 0 aliphatic heterocycles. The number of benzene rings is 5. The van der Waals surface area contributed by atoms with Gasteiger partial charge in [-0.2, -0.15) is 0 Å². The highest BCUT2D eigenvalue weighted by atomic mass is 32.2. The summed E-state index contributed by atoms with van der Waals surface area (Å²) in [5.74, 6) is 0.0139. The van der Waals surface area contributed by atoms with Gasteiger partial charge in [0, 0.05) is 17.5 Å². The Morgan fingerprint density at radius 1 is 0.739 bits per heavy atom. The van der Waals surface area contributed by atoms with Gasteiger partial charge in [-0.1, -0.05) is 122 Å². The molecule has 0 aliphatic rings. The first-order valence-corrected chi connectivity index (χ1v) is 16.7. The number of rotatable bonds is 11. The second-order valence-electron chi connectivity index (χ2n) is 11.5. The molecular formula is C39H37NO5S. The van der Waals surface area contributed by atoms with Crippen LogP contribution in [0.15, 0.2) is 145 Å². The molecule has 46 heavy (non-hydrogen) atoms. The van der Waals surface area contributed by atoms with Crippen LogP contribution in [0.1, 0.15) is 40.7 Å². The molecule has 6 rings (SSSR count). The number of methoxy groups -OCH3 is 1. The van der Waals surface area contributed by atoms with Crippen molar-refractivity contribution >= 4 is 20.9 Å². The van der Waals surface area contributed by atoms with Crippen molar-refractivity contribution < 1.29 is 23.0 Å². The number of hydrogen-bond donors (Lipinski definition) is 1. The molecule has 1 N–H and O–H groups in total. The maximum Gasteiger partial charge on any atom is 0.268 e. The van der Waals surface area contributed by atoms with Crippen molar-refractivity contribution in [2.75, 3.05) is 13.7 Å². The predicted molar refractivity (Wildman–Crippen MR) is 182 cm³/mol. The summed E-state index contributed by atoms with van der Waals surface area (Å²) in [7, 11) is -2.39. The smallest absolute Gasteiger partial charge is 0.268 e. The van der Waals surface area contributed by atoms with E-state index in [2.05, 4.69) is 0 Å². The number of fused-ring (bicyclic) bond motifs is 1. The Labute approximate surface area is 270 Å². The monoisotopic (exact) mass is 631 g/mol. The van der Waals surface area contributed by atoms with Crippen molar-refractivity contribution in [2.45, 2.75) is 36.4 Å². The first-order valence-electron chi connectivity index (χ1n) is 15.3. The predicted octanol–water partition coefficient (Wildman–Crippen LogP) is 7.67. The van der Waals surface area contributed by atoms with Crippen LogP contribution in [0.4, 0.5) is 0 Å². The minimum atomic E-state index is -3.91. The van der Waals surface area contributed by atoms with Crippen LogP contribution in [0, 0.1) is 6.92 Å². The first-order chi connectivity index (χ1) is 22.3.